The summed E-state index contributed by atoms with van der Waals surface area (Å²) in [5, 5.41) is 0. The Bertz CT molecular complexity index is 222. The Labute approximate surface area is 72.1 Å². The van der Waals surface area contributed by atoms with E-state index in [-0.39, 0.29) is 0 Å². The van der Waals surface area contributed by atoms with Crippen LogP contribution in [0.4, 0.5) is 0 Å². The predicted octanol–water partition coefficient (Wildman–Crippen LogP) is 3.14. The van der Waals surface area contributed by atoms with E-state index >= 15 is 0 Å². The van der Waals surface area contributed by atoms with Gasteiger partial charge in [-0.15, -0.1) is 11.8 Å². The second kappa shape index (κ2) is 2.90. The molecule has 1 saturated heterocycles. The maximum absolute atomic E-state index is 2.30. The van der Waals surface area contributed by atoms with Crippen molar-refractivity contribution in [3.8, 4) is 0 Å². The van der Waals surface area contributed by atoms with Crippen molar-refractivity contribution in [2.24, 2.45) is 5.92 Å². The van der Waals surface area contributed by atoms with Gasteiger partial charge in [0, 0.05) is 11.7 Å². The molecule has 0 radical (unpaired) electrons. The lowest BCUT2D eigenvalue weighted by atomic mass is 9.98. The smallest absolute Gasteiger partial charge is 0.00831 e. The largest absolute Gasteiger partial charge is 0.130 e. The minimum atomic E-state index is 0.684. The molecule has 0 spiro atoms. The zero-order chi connectivity index (χ0) is 7.68. The van der Waals surface area contributed by atoms with E-state index < -0.39 is 0 Å². The molecule has 0 aromatic rings. The van der Waals surface area contributed by atoms with Crippen molar-refractivity contribution < 1.29 is 0 Å². The van der Waals surface area contributed by atoms with Gasteiger partial charge in [-0.3, -0.25) is 0 Å². The summed E-state index contributed by atoms with van der Waals surface area (Å²) >= 11 is 2.01. The first kappa shape index (κ1) is 7.23. The second-order valence-electron chi connectivity index (χ2n) is 3.02. The average molecular weight is 164 g/mol. The predicted molar refractivity (Wildman–Crippen MR) is 51.5 cm³/mol. The van der Waals surface area contributed by atoms with Crippen LogP contribution in [0.25, 0.3) is 0 Å². The summed E-state index contributed by atoms with van der Waals surface area (Å²) in [4.78, 5) is 1.54. The van der Waals surface area contributed by atoms with Crippen LogP contribution in [0.15, 0.2) is 34.8 Å². The Morgan fingerprint density at radius 3 is 3.09 bits per heavy atom. The molecule has 11 heavy (non-hydrogen) atoms. The highest BCUT2D eigenvalue weighted by Gasteiger charge is 2.19. The fourth-order valence-electron chi connectivity index (χ4n) is 1.56. The maximum atomic E-state index is 2.30. The lowest BCUT2D eigenvalue weighted by molar-refractivity contribution is 0.788. The summed E-state index contributed by atoms with van der Waals surface area (Å²) in [6, 6.07) is 0. The Kier molecular flexibility index (Phi) is 1.91. The third kappa shape index (κ3) is 1.30. The summed E-state index contributed by atoms with van der Waals surface area (Å²) in [5.41, 5.74) is 1.60. The topological polar surface area (TPSA) is 0 Å². The molecule has 1 fully saturated rings. The molecule has 0 aromatic heterocycles. The van der Waals surface area contributed by atoms with Crippen molar-refractivity contribution in [1.29, 1.82) is 0 Å². The van der Waals surface area contributed by atoms with Gasteiger partial charge in [-0.25, -0.2) is 0 Å². The Morgan fingerprint density at radius 1 is 1.36 bits per heavy atom. The van der Waals surface area contributed by atoms with E-state index in [1.807, 2.05) is 11.8 Å². The summed E-state index contributed by atoms with van der Waals surface area (Å²) in [6.45, 7) is 2.30. The summed E-state index contributed by atoms with van der Waals surface area (Å²) in [7, 11) is 0. The van der Waals surface area contributed by atoms with Crippen LogP contribution >= 0.6 is 11.8 Å². The van der Waals surface area contributed by atoms with Crippen LogP contribution < -0.4 is 0 Å². The molecular weight excluding hydrogens is 152 g/mol. The van der Waals surface area contributed by atoms with Gasteiger partial charge in [-0.2, -0.15) is 0 Å². The molecule has 1 heteroatoms. The molecule has 2 bridgehead atoms. The highest BCUT2D eigenvalue weighted by molar-refractivity contribution is 8.03. The van der Waals surface area contributed by atoms with Crippen LogP contribution in [0.3, 0.4) is 0 Å². The Balaban J connectivity index is 2.38. The van der Waals surface area contributed by atoms with E-state index in [0.29, 0.717) is 5.92 Å². The molecule has 1 aliphatic carbocycles. The van der Waals surface area contributed by atoms with Crippen molar-refractivity contribution in [2.75, 3.05) is 5.75 Å². The van der Waals surface area contributed by atoms with Crippen LogP contribution in [0.2, 0.25) is 0 Å². The number of fused-ring (bicyclic) bond motifs is 2. The van der Waals surface area contributed by atoms with Crippen molar-refractivity contribution >= 4 is 11.8 Å². The first-order valence-electron chi connectivity index (χ1n) is 4.08. The van der Waals surface area contributed by atoms with E-state index in [1.54, 1.807) is 5.57 Å². The molecule has 1 heterocycles. The SMILES string of the molecule is CC1C2=CC=CC=C1SCC2. The molecule has 2 rings (SSSR count). The number of hydrogen-bond donors (Lipinski definition) is 0. The van der Waals surface area contributed by atoms with Crippen molar-refractivity contribution in [1.82, 2.24) is 0 Å². The van der Waals surface area contributed by atoms with Gasteiger partial charge >= 0.3 is 0 Å². The zero-order valence-corrected chi connectivity index (χ0v) is 7.53. The maximum Gasteiger partial charge on any atom is 0.00831 e. The van der Waals surface area contributed by atoms with Crippen molar-refractivity contribution in [2.45, 2.75) is 13.3 Å². The van der Waals surface area contributed by atoms with Crippen LogP contribution in [0, 0.1) is 5.92 Å². The van der Waals surface area contributed by atoms with Crippen LogP contribution in [-0.2, 0) is 0 Å². The lowest BCUT2D eigenvalue weighted by Crippen LogP contribution is -2.07. The third-order valence-corrected chi connectivity index (χ3v) is 3.56. The van der Waals surface area contributed by atoms with Crippen LogP contribution in [0.5, 0.6) is 0 Å². The zero-order valence-electron chi connectivity index (χ0n) is 6.71. The standard InChI is InChI=1S/C10H12S/c1-8-9-4-2-3-5-10(8)11-7-6-9/h2-5,8H,6-7H2,1H3. The van der Waals surface area contributed by atoms with Gasteiger partial charge in [0.1, 0.15) is 0 Å². The molecule has 0 saturated carbocycles. The first-order valence-corrected chi connectivity index (χ1v) is 5.06. The minimum absolute atomic E-state index is 0.684. The molecule has 1 unspecified atom stereocenters. The highest BCUT2D eigenvalue weighted by atomic mass is 32.2. The molecule has 1 aliphatic heterocycles. The Morgan fingerprint density at radius 2 is 2.18 bits per heavy atom. The highest BCUT2D eigenvalue weighted by Crippen LogP contribution is 2.38. The van der Waals surface area contributed by atoms with Gasteiger partial charge < -0.3 is 0 Å². The monoisotopic (exact) mass is 164 g/mol. The number of allylic oxidation sites excluding steroid dienone is 6. The summed E-state index contributed by atoms with van der Waals surface area (Å²) in [5.74, 6) is 1.95. The fourth-order valence-corrected chi connectivity index (χ4v) is 2.71. The van der Waals surface area contributed by atoms with E-state index in [4.69, 9.17) is 0 Å². The molecule has 58 valence electrons. The van der Waals surface area contributed by atoms with Crippen LogP contribution in [0.1, 0.15) is 13.3 Å². The van der Waals surface area contributed by atoms with Crippen molar-refractivity contribution in [3.63, 3.8) is 0 Å². The molecule has 0 aromatic carbocycles. The molecule has 2 aliphatic rings. The molecule has 0 amide bonds. The average Bonchev–Trinajstić information content (AvgIpc) is 2.17. The van der Waals surface area contributed by atoms with Gasteiger partial charge in [0.15, 0.2) is 0 Å². The van der Waals surface area contributed by atoms with E-state index in [1.165, 1.54) is 17.1 Å². The van der Waals surface area contributed by atoms with Gasteiger partial charge in [-0.05, 0) is 11.3 Å². The van der Waals surface area contributed by atoms with Gasteiger partial charge in [-0.1, -0.05) is 36.8 Å². The second-order valence-corrected chi connectivity index (χ2v) is 4.18. The summed E-state index contributed by atoms with van der Waals surface area (Å²) in [6.07, 6.45) is 10.1. The lowest BCUT2D eigenvalue weighted by Gasteiger charge is -2.23. The van der Waals surface area contributed by atoms with Gasteiger partial charge in [0.2, 0.25) is 0 Å². The van der Waals surface area contributed by atoms with Gasteiger partial charge in [0.05, 0.1) is 0 Å². The molecule has 1 atom stereocenters. The number of thioether (sulfide) groups is 1. The van der Waals surface area contributed by atoms with E-state index in [2.05, 4.69) is 31.2 Å². The van der Waals surface area contributed by atoms with E-state index in [9.17, 15) is 0 Å². The fraction of sp³-hybridized carbons (Fsp3) is 0.400. The number of rotatable bonds is 0. The normalized spacial score (nSPS) is 29.0. The number of hydrogen-bond acceptors (Lipinski definition) is 1. The Hall–Kier alpha value is -0.430. The van der Waals surface area contributed by atoms with E-state index in [0.717, 1.165) is 0 Å². The quantitative estimate of drug-likeness (QED) is 0.530. The molecule has 0 N–H and O–H groups in total. The van der Waals surface area contributed by atoms with Gasteiger partial charge in [0.25, 0.3) is 0 Å². The molecular formula is C10H12S. The first-order chi connectivity index (χ1) is 5.38. The van der Waals surface area contributed by atoms with Crippen LogP contribution in [-0.4, -0.2) is 5.75 Å². The van der Waals surface area contributed by atoms with Crippen molar-refractivity contribution in [3.05, 3.63) is 34.8 Å². The minimum Gasteiger partial charge on any atom is -0.130 e. The third-order valence-electron chi connectivity index (χ3n) is 2.32. The molecule has 0 nitrogen and oxygen atoms in total. The summed E-state index contributed by atoms with van der Waals surface area (Å²) < 4.78 is 0.